The lowest BCUT2D eigenvalue weighted by Gasteiger charge is -2.11. The monoisotopic (exact) mass is 396 g/mol. The molecule has 0 fully saturated rings. The summed E-state index contributed by atoms with van der Waals surface area (Å²) < 4.78 is 30.0. The Morgan fingerprint density at radius 1 is 1.11 bits per heavy atom. The summed E-state index contributed by atoms with van der Waals surface area (Å²) >= 11 is 0. The summed E-state index contributed by atoms with van der Waals surface area (Å²) in [7, 11) is -3.33. The normalized spacial score (nSPS) is 11.6. The number of hydrogen-bond donors (Lipinski definition) is 1. The molecule has 0 heterocycles. The lowest BCUT2D eigenvalue weighted by atomic mass is 10.0. The number of hydrogen-bond acceptors (Lipinski definition) is 5. The minimum absolute atomic E-state index is 0.0646. The van der Waals surface area contributed by atoms with Crippen molar-refractivity contribution in [1.29, 1.82) is 0 Å². The molecule has 1 aromatic carbocycles. The molecule has 0 aliphatic carbocycles. The van der Waals surface area contributed by atoms with Crippen molar-refractivity contribution >= 4 is 15.8 Å². The lowest BCUT2D eigenvalue weighted by Crippen LogP contribution is -2.08. The SMILES string of the molecule is C=C(C)C(=O)OCCCCCCCCS(=O)(=O)c1ccc(O)c(C(C)C)c1. The predicted octanol–water partition coefficient (Wildman–Crippen LogP) is 4.75. The molecule has 0 aliphatic rings. The van der Waals surface area contributed by atoms with Crippen LogP contribution >= 0.6 is 0 Å². The van der Waals surface area contributed by atoms with E-state index in [1.54, 1.807) is 13.0 Å². The van der Waals surface area contributed by atoms with Crippen LogP contribution in [0.3, 0.4) is 0 Å². The van der Waals surface area contributed by atoms with Gasteiger partial charge < -0.3 is 9.84 Å². The van der Waals surface area contributed by atoms with E-state index in [0.29, 0.717) is 24.2 Å². The zero-order chi connectivity index (χ0) is 20.4. The summed E-state index contributed by atoms with van der Waals surface area (Å²) in [6.07, 6.45) is 5.16. The van der Waals surface area contributed by atoms with Gasteiger partial charge in [0.25, 0.3) is 0 Å². The molecule has 5 nitrogen and oxygen atoms in total. The second kappa shape index (κ2) is 11.1. The number of carbonyl (C=O) groups is 1. The van der Waals surface area contributed by atoms with Crippen LogP contribution in [0, 0.1) is 0 Å². The summed E-state index contributed by atoms with van der Waals surface area (Å²) in [6.45, 7) is 9.40. The van der Waals surface area contributed by atoms with E-state index in [-0.39, 0.29) is 28.3 Å². The Morgan fingerprint density at radius 2 is 1.70 bits per heavy atom. The van der Waals surface area contributed by atoms with Crippen LogP contribution in [0.25, 0.3) is 0 Å². The number of phenols is 1. The number of carbonyl (C=O) groups excluding carboxylic acids is 1. The molecule has 0 amide bonds. The fourth-order valence-electron chi connectivity index (χ4n) is 2.70. The summed E-state index contributed by atoms with van der Waals surface area (Å²) in [5, 5.41) is 9.84. The molecule has 0 aromatic heterocycles. The van der Waals surface area contributed by atoms with Gasteiger partial charge in [-0.25, -0.2) is 13.2 Å². The van der Waals surface area contributed by atoms with E-state index in [1.807, 2.05) is 13.8 Å². The van der Waals surface area contributed by atoms with E-state index >= 15 is 0 Å². The molecule has 27 heavy (non-hydrogen) atoms. The lowest BCUT2D eigenvalue weighted by molar-refractivity contribution is -0.139. The van der Waals surface area contributed by atoms with Crippen LogP contribution in [0.1, 0.15) is 70.8 Å². The Balaban J connectivity index is 2.29. The summed E-state index contributed by atoms with van der Waals surface area (Å²) in [4.78, 5) is 11.5. The van der Waals surface area contributed by atoms with Gasteiger partial charge in [-0.1, -0.05) is 46.1 Å². The van der Waals surface area contributed by atoms with Gasteiger partial charge in [0.1, 0.15) is 5.75 Å². The van der Waals surface area contributed by atoms with E-state index in [2.05, 4.69) is 6.58 Å². The maximum absolute atomic E-state index is 12.5. The van der Waals surface area contributed by atoms with Gasteiger partial charge in [0, 0.05) is 5.57 Å². The smallest absolute Gasteiger partial charge is 0.333 e. The Bertz CT molecular complexity index is 735. The molecule has 152 valence electrons. The van der Waals surface area contributed by atoms with Crippen LogP contribution < -0.4 is 0 Å². The Hall–Kier alpha value is -1.82. The van der Waals surface area contributed by atoms with E-state index in [0.717, 1.165) is 32.1 Å². The highest BCUT2D eigenvalue weighted by Gasteiger charge is 2.17. The van der Waals surface area contributed by atoms with E-state index in [1.165, 1.54) is 12.1 Å². The average Bonchev–Trinajstić information content (AvgIpc) is 2.59. The average molecular weight is 397 g/mol. The molecule has 6 heteroatoms. The predicted molar refractivity (Wildman–Crippen MR) is 108 cm³/mol. The number of rotatable bonds is 12. The first-order valence-corrected chi connectivity index (χ1v) is 11.2. The summed E-state index contributed by atoms with van der Waals surface area (Å²) in [6, 6.07) is 4.52. The number of unbranched alkanes of at least 4 members (excludes halogenated alkanes) is 5. The number of sulfone groups is 1. The number of phenolic OH excluding ortho intramolecular Hbond substituents is 1. The first-order valence-electron chi connectivity index (χ1n) is 9.53. The van der Waals surface area contributed by atoms with Gasteiger partial charge in [-0.05, 0) is 49.4 Å². The van der Waals surface area contributed by atoms with Crippen LogP contribution in [0.4, 0.5) is 0 Å². The van der Waals surface area contributed by atoms with Crippen molar-refractivity contribution < 1.29 is 23.1 Å². The third-order valence-electron chi connectivity index (χ3n) is 4.37. The highest BCUT2D eigenvalue weighted by molar-refractivity contribution is 7.91. The highest BCUT2D eigenvalue weighted by atomic mass is 32.2. The molecule has 0 spiro atoms. The first-order chi connectivity index (χ1) is 12.6. The molecule has 0 aliphatic heterocycles. The first kappa shape index (κ1) is 23.2. The Labute approximate surface area is 163 Å². The fourth-order valence-corrected chi connectivity index (χ4v) is 4.10. The van der Waals surface area contributed by atoms with Gasteiger partial charge in [0.2, 0.25) is 0 Å². The molecule has 0 radical (unpaired) electrons. The Kier molecular flexibility index (Phi) is 9.56. The molecule has 0 saturated heterocycles. The van der Waals surface area contributed by atoms with Gasteiger partial charge in [-0.2, -0.15) is 0 Å². The van der Waals surface area contributed by atoms with E-state index in [4.69, 9.17) is 4.74 Å². The molecular formula is C21H32O5S. The zero-order valence-corrected chi connectivity index (χ0v) is 17.5. The van der Waals surface area contributed by atoms with Crippen molar-refractivity contribution in [1.82, 2.24) is 0 Å². The largest absolute Gasteiger partial charge is 0.508 e. The number of ether oxygens (including phenoxy) is 1. The van der Waals surface area contributed by atoms with Crippen molar-refractivity contribution in [2.45, 2.75) is 70.1 Å². The van der Waals surface area contributed by atoms with E-state index < -0.39 is 9.84 Å². The molecule has 1 N–H and O–H groups in total. The quantitative estimate of drug-likeness (QED) is 0.313. The van der Waals surface area contributed by atoms with Crippen LogP contribution in [-0.2, 0) is 19.4 Å². The number of esters is 1. The molecule has 1 rings (SSSR count). The molecule has 0 atom stereocenters. The van der Waals surface area contributed by atoms with Crippen LogP contribution in [-0.4, -0.2) is 31.9 Å². The second-order valence-electron chi connectivity index (χ2n) is 7.23. The van der Waals surface area contributed by atoms with Gasteiger partial charge in [-0.15, -0.1) is 0 Å². The fraction of sp³-hybridized carbons (Fsp3) is 0.571. The van der Waals surface area contributed by atoms with Crippen LogP contribution in [0.15, 0.2) is 35.2 Å². The van der Waals surface area contributed by atoms with E-state index in [9.17, 15) is 18.3 Å². The number of benzene rings is 1. The van der Waals surface area contributed by atoms with Crippen molar-refractivity contribution in [3.63, 3.8) is 0 Å². The molecular weight excluding hydrogens is 364 g/mol. The van der Waals surface area contributed by atoms with Gasteiger partial charge >= 0.3 is 5.97 Å². The van der Waals surface area contributed by atoms with Crippen LogP contribution in [0.5, 0.6) is 5.75 Å². The Morgan fingerprint density at radius 3 is 2.30 bits per heavy atom. The maximum atomic E-state index is 12.5. The van der Waals surface area contributed by atoms with Gasteiger partial charge in [-0.3, -0.25) is 0 Å². The maximum Gasteiger partial charge on any atom is 0.333 e. The van der Waals surface area contributed by atoms with Crippen molar-refractivity contribution in [2.75, 3.05) is 12.4 Å². The topological polar surface area (TPSA) is 80.7 Å². The summed E-state index contributed by atoms with van der Waals surface area (Å²) in [5.41, 5.74) is 1.06. The zero-order valence-electron chi connectivity index (χ0n) is 16.7. The van der Waals surface area contributed by atoms with Crippen LogP contribution in [0.2, 0.25) is 0 Å². The molecule has 1 aromatic rings. The van der Waals surface area contributed by atoms with Gasteiger partial charge in [0.15, 0.2) is 9.84 Å². The van der Waals surface area contributed by atoms with Gasteiger partial charge in [0.05, 0.1) is 17.3 Å². The van der Waals surface area contributed by atoms with Crippen molar-refractivity contribution in [3.8, 4) is 5.75 Å². The van der Waals surface area contributed by atoms with Crippen molar-refractivity contribution in [2.24, 2.45) is 0 Å². The molecule has 0 bridgehead atoms. The van der Waals surface area contributed by atoms with Crippen molar-refractivity contribution in [3.05, 3.63) is 35.9 Å². The third-order valence-corrected chi connectivity index (χ3v) is 6.17. The highest BCUT2D eigenvalue weighted by Crippen LogP contribution is 2.28. The molecule has 0 saturated carbocycles. The minimum Gasteiger partial charge on any atom is -0.508 e. The molecule has 0 unspecified atom stereocenters. The minimum atomic E-state index is -3.33. The second-order valence-corrected chi connectivity index (χ2v) is 9.34. The standard InChI is InChI=1S/C21H32O5S/c1-16(2)19-15-18(11-12-20(19)22)27(24,25)14-10-8-6-5-7-9-13-26-21(23)17(3)4/h11-12,15-16,22H,3,5-10,13-14H2,1-2,4H3. The third kappa shape index (κ3) is 8.16. The number of aromatic hydroxyl groups is 1. The summed E-state index contributed by atoms with van der Waals surface area (Å²) in [5.74, 6) is -0.0336.